The highest BCUT2D eigenvalue weighted by Crippen LogP contribution is 2.10. The van der Waals surface area contributed by atoms with E-state index in [2.05, 4.69) is 31.7 Å². The van der Waals surface area contributed by atoms with Crippen LogP contribution < -0.4 is 0 Å². The van der Waals surface area contributed by atoms with Crippen LogP contribution in [0.15, 0.2) is 12.2 Å². The number of rotatable bonds is 17. The summed E-state index contributed by atoms with van der Waals surface area (Å²) in [6.45, 7) is 4.56. The number of carbonyl (C=O) groups excluding carboxylic acids is 1. The van der Waals surface area contributed by atoms with Crippen molar-refractivity contribution in [1.29, 1.82) is 0 Å². The zero-order valence-corrected chi connectivity index (χ0v) is 17.0. The van der Waals surface area contributed by atoms with Gasteiger partial charge in [-0.05, 0) is 39.0 Å². The number of ether oxygens (including phenoxy) is 1. The molecule has 2 nitrogen and oxygen atoms in total. The summed E-state index contributed by atoms with van der Waals surface area (Å²) >= 11 is 4.05. The number of carbonyl (C=O) groups is 1. The molecule has 1 atom stereocenters. The highest BCUT2D eigenvalue weighted by molar-refractivity contribution is 7.81. The summed E-state index contributed by atoms with van der Waals surface area (Å²) in [5.41, 5.74) is 0. The summed E-state index contributed by atoms with van der Waals surface area (Å²) in [5, 5.41) is -0.306. The lowest BCUT2D eigenvalue weighted by Gasteiger charge is -2.06. The second-order valence-corrected chi connectivity index (χ2v) is 7.56. The van der Waals surface area contributed by atoms with Crippen LogP contribution >= 0.6 is 12.6 Å². The largest absolute Gasteiger partial charge is 0.465 e. The number of allylic oxidation sites excluding steroid dienone is 2. The molecule has 0 aliphatic heterocycles. The molecule has 0 saturated heterocycles. The van der Waals surface area contributed by atoms with Gasteiger partial charge < -0.3 is 4.74 Å². The third-order valence-corrected chi connectivity index (χ3v) is 4.45. The van der Waals surface area contributed by atoms with Gasteiger partial charge in [-0.25, -0.2) is 0 Å². The molecule has 142 valence electrons. The van der Waals surface area contributed by atoms with Gasteiger partial charge in [0.15, 0.2) is 0 Å². The summed E-state index contributed by atoms with van der Waals surface area (Å²) in [6.07, 6.45) is 22.8. The van der Waals surface area contributed by atoms with Crippen LogP contribution in [0.5, 0.6) is 0 Å². The van der Waals surface area contributed by atoms with Crippen LogP contribution in [0.4, 0.5) is 0 Å². The van der Waals surface area contributed by atoms with Gasteiger partial charge in [0.25, 0.3) is 0 Å². The molecule has 0 aromatic carbocycles. The molecule has 0 heterocycles. The molecule has 1 unspecified atom stereocenters. The van der Waals surface area contributed by atoms with Crippen molar-refractivity contribution in [3.63, 3.8) is 0 Å². The van der Waals surface area contributed by atoms with Crippen LogP contribution in [0, 0.1) is 0 Å². The zero-order chi connectivity index (χ0) is 17.9. The molecule has 0 radical (unpaired) electrons. The van der Waals surface area contributed by atoms with E-state index in [1.54, 1.807) is 6.92 Å². The van der Waals surface area contributed by atoms with E-state index in [4.69, 9.17) is 4.74 Å². The summed E-state index contributed by atoms with van der Waals surface area (Å²) in [6, 6.07) is 0. The summed E-state index contributed by atoms with van der Waals surface area (Å²) in [7, 11) is 0. The maximum absolute atomic E-state index is 11.2. The molecule has 3 heteroatoms. The number of esters is 1. The molecule has 0 aliphatic rings. The normalized spacial score (nSPS) is 12.6. The molecule has 0 bridgehead atoms. The van der Waals surface area contributed by atoms with Gasteiger partial charge in [-0.3, -0.25) is 4.79 Å². The fraction of sp³-hybridized carbons (Fsp3) is 0.857. The summed E-state index contributed by atoms with van der Waals surface area (Å²) in [4.78, 5) is 11.2. The number of unbranched alkanes of at least 4 members (excludes halogenated alkanes) is 12. The van der Waals surface area contributed by atoms with Crippen molar-refractivity contribution in [1.82, 2.24) is 0 Å². The molecule has 0 N–H and O–H groups in total. The smallest absolute Gasteiger partial charge is 0.318 e. The molecule has 24 heavy (non-hydrogen) atoms. The van der Waals surface area contributed by atoms with E-state index in [-0.39, 0.29) is 11.2 Å². The molecular weight excluding hydrogens is 316 g/mol. The van der Waals surface area contributed by atoms with Crippen LogP contribution in [0.1, 0.15) is 104 Å². The van der Waals surface area contributed by atoms with Crippen molar-refractivity contribution < 1.29 is 9.53 Å². The van der Waals surface area contributed by atoms with E-state index < -0.39 is 0 Å². The van der Waals surface area contributed by atoms with Crippen molar-refractivity contribution in [3.8, 4) is 0 Å². The van der Waals surface area contributed by atoms with E-state index in [0.717, 1.165) is 12.8 Å². The van der Waals surface area contributed by atoms with Gasteiger partial charge in [-0.15, -0.1) is 0 Å². The first-order valence-corrected chi connectivity index (χ1v) is 10.7. The standard InChI is InChI=1S/C21H40O2S/c1-3-4-5-6-7-8-9-10-11-12-13-14-15-16-17-18-19-23-21(22)20(2)24/h10-11,20,24H,3-9,12-19H2,1-2H3/b11-10-. The Morgan fingerprint density at radius 1 is 0.833 bits per heavy atom. The van der Waals surface area contributed by atoms with E-state index in [1.165, 1.54) is 77.0 Å². The molecule has 0 saturated carbocycles. The first-order valence-electron chi connectivity index (χ1n) is 10.2. The van der Waals surface area contributed by atoms with E-state index in [1.807, 2.05) is 0 Å². The van der Waals surface area contributed by atoms with Crippen LogP contribution in [-0.2, 0) is 9.53 Å². The molecule has 0 rings (SSSR count). The Kier molecular flexibility index (Phi) is 18.5. The predicted molar refractivity (Wildman–Crippen MR) is 109 cm³/mol. The van der Waals surface area contributed by atoms with Crippen LogP contribution in [0.3, 0.4) is 0 Å². The minimum Gasteiger partial charge on any atom is -0.465 e. The lowest BCUT2D eigenvalue weighted by molar-refractivity contribution is -0.142. The highest BCUT2D eigenvalue weighted by Gasteiger charge is 2.07. The van der Waals surface area contributed by atoms with Gasteiger partial charge >= 0.3 is 5.97 Å². The molecular formula is C21H40O2S. The maximum atomic E-state index is 11.2. The van der Waals surface area contributed by atoms with Crippen molar-refractivity contribution in [2.75, 3.05) is 6.61 Å². The van der Waals surface area contributed by atoms with Gasteiger partial charge in [-0.2, -0.15) is 12.6 Å². The molecule has 0 aromatic rings. The van der Waals surface area contributed by atoms with Gasteiger partial charge in [0.1, 0.15) is 0 Å². The average Bonchev–Trinajstić information content (AvgIpc) is 2.57. The number of hydrogen-bond donors (Lipinski definition) is 1. The fourth-order valence-corrected chi connectivity index (χ4v) is 2.72. The monoisotopic (exact) mass is 356 g/mol. The van der Waals surface area contributed by atoms with Crippen LogP contribution in [0.2, 0.25) is 0 Å². The van der Waals surface area contributed by atoms with Crippen molar-refractivity contribution >= 4 is 18.6 Å². The molecule has 0 aromatic heterocycles. The van der Waals surface area contributed by atoms with Crippen molar-refractivity contribution in [2.24, 2.45) is 0 Å². The summed E-state index contributed by atoms with van der Waals surface area (Å²) < 4.78 is 5.10. The minimum atomic E-state index is -0.306. The van der Waals surface area contributed by atoms with E-state index in [0.29, 0.717) is 6.61 Å². The van der Waals surface area contributed by atoms with Crippen molar-refractivity contribution in [2.45, 2.75) is 109 Å². The Morgan fingerprint density at radius 3 is 1.79 bits per heavy atom. The molecule has 0 fully saturated rings. The minimum absolute atomic E-state index is 0.203. The van der Waals surface area contributed by atoms with Crippen LogP contribution in [0.25, 0.3) is 0 Å². The van der Waals surface area contributed by atoms with E-state index in [9.17, 15) is 4.79 Å². The first kappa shape index (κ1) is 23.6. The maximum Gasteiger partial charge on any atom is 0.318 e. The number of hydrogen-bond acceptors (Lipinski definition) is 3. The lowest BCUT2D eigenvalue weighted by atomic mass is 10.1. The molecule has 0 spiro atoms. The molecule has 0 amide bonds. The predicted octanol–water partition coefficient (Wildman–Crippen LogP) is 6.89. The summed E-state index contributed by atoms with van der Waals surface area (Å²) in [5.74, 6) is -0.203. The van der Waals surface area contributed by atoms with Gasteiger partial charge in [0.05, 0.1) is 11.9 Å². The lowest BCUT2D eigenvalue weighted by Crippen LogP contribution is -2.15. The Morgan fingerprint density at radius 2 is 1.29 bits per heavy atom. The fourth-order valence-electron chi connectivity index (χ4n) is 2.64. The van der Waals surface area contributed by atoms with Crippen LogP contribution in [-0.4, -0.2) is 17.8 Å². The number of thiol groups is 1. The zero-order valence-electron chi connectivity index (χ0n) is 16.1. The third kappa shape index (κ3) is 17.9. The van der Waals surface area contributed by atoms with Gasteiger partial charge in [0, 0.05) is 0 Å². The van der Waals surface area contributed by atoms with Gasteiger partial charge in [0.2, 0.25) is 0 Å². The second-order valence-electron chi connectivity index (χ2n) is 6.78. The average molecular weight is 357 g/mol. The Hall–Kier alpha value is -0.440. The Labute approximate surface area is 156 Å². The highest BCUT2D eigenvalue weighted by atomic mass is 32.1. The quantitative estimate of drug-likeness (QED) is 0.133. The SMILES string of the molecule is CCCCCCCC/C=C\CCCCCCCCOC(=O)C(C)S. The third-order valence-electron chi connectivity index (χ3n) is 4.24. The topological polar surface area (TPSA) is 26.3 Å². The second kappa shape index (κ2) is 18.9. The molecule has 0 aliphatic carbocycles. The first-order chi connectivity index (χ1) is 11.7. The van der Waals surface area contributed by atoms with E-state index >= 15 is 0 Å². The van der Waals surface area contributed by atoms with Gasteiger partial charge in [-0.1, -0.05) is 76.9 Å². The Bertz CT molecular complexity index is 300. The Balaban J connectivity index is 3.14. The van der Waals surface area contributed by atoms with Crippen molar-refractivity contribution in [3.05, 3.63) is 12.2 Å².